The molecule has 0 saturated carbocycles. The van der Waals surface area contributed by atoms with Gasteiger partial charge in [0, 0.05) is 12.8 Å². The van der Waals surface area contributed by atoms with Gasteiger partial charge in [-0.3, -0.25) is 14.4 Å². The van der Waals surface area contributed by atoms with Gasteiger partial charge in [-0.2, -0.15) is 0 Å². The van der Waals surface area contributed by atoms with Gasteiger partial charge in [-0.25, -0.2) is 0 Å². The number of fused-ring (bicyclic) bond motifs is 1. The minimum absolute atomic E-state index is 0.184. The number of carbonyl (C=O) groups excluding carboxylic acids is 3. The average Bonchev–Trinajstić information content (AvgIpc) is 2.67. The highest BCUT2D eigenvalue weighted by Crippen LogP contribution is 2.22. The highest BCUT2D eigenvalue weighted by atomic mass is 16.5. The first-order valence-corrected chi connectivity index (χ1v) is 9.29. The second-order valence-corrected chi connectivity index (χ2v) is 6.85. The number of benzene rings is 2. The van der Waals surface area contributed by atoms with Crippen molar-refractivity contribution in [1.29, 1.82) is 0 Å². The fourth-order valence-corrected chi connectivity index (χ4v) is 3.15. The van der Waals surface area contributed by atoms with Crippen molar-refractivity contribution in [2.24, 2.45) is 11.5 Å². The molecule has 2 atom stereocenters. The summed E-state index contributed by atoms with van der Waals surface area (Å²) in [4.78, 5) is 32.8. The monoisotopic (exact) mass is 385 g/mol. The van der Waals surface area contributed by atoms with Gasteiger partial charge in [-0.05, 0) is 47.7 Å². The molecule has 7 heteroatoms. The minimum atomic E-state index is -0.411. The Labute approximate surface area is 164 Å². The highest BCUT2D eigenvalue weighted by molar-refractivity contribution is 5.87. The van der Waals surface area contributed by atoms with Gasteiger partial charge in [0.05, 0.1) is 18.8 Å². The van der Waals surface area contributed by atoms with Crippen molar-refractivity contribution in [2.45, 2.75) is 51.4 Å². The van der Waals surface area contributed by atoms with Gasteiger partial charge in [0.15, 0.2) is 0 Å². The summed E-state index contributed by atoms with van der Waals surface area (Å²) in [6, 6.07) is 11.7. The predicted molar refractivity (Wildman–Crippen MR) is 107 cm³/mol. The summed E-state index contributed by atoms with van der Waals surface area (Å²) in [6.07, 6.45) is 1.87. The normalized spacial score (nSPS) is 13.0. The maximum absolute atomic E-state index is 11.1. The number of carbonyl (C=O) groups is 3. The van der Waals surface area contributed by atoms with Gasteiger partial charge in [-0.15, -0.1) is 0 Å². The topological polar surface area (TPSA) is 125 Å². The van der Waals surface area contributed by atoms with Crippen LogP contribution in [0.4, 0.5) is 0 Å². The van der Waals surface area contributed by atoms with E-state index >= 15 is 0 Å². The molecule has 0 fully saturated rings. The van der Waals surface area contributed by atoms with E-state index in [1.54, 1.807) is 0 Å². The highest BCUT2D eigenvalue weighted by Gasteiger charge is 2.18. The molecule has 2 aromatic carbocycles. The summed E-state index contributed by atoms with van der Waals surface area (Å²) < 4.78 is 5.90. The van der Waals surface area contributed by atoms with Gasteiger partial charge in [0.1, 0.15) is 0 Å². The Balaban J connectivity index is 2.04. The second kappa shape index (κ2) is 10.4. The van der Waals surface area contributed by atoms with Crippen LogP contribution >= 0.6 is 0 Å². The number of primary amides is 2. The fourth-order valence-electron chi connectivity index (χ4n) is 3.15. The van der Waals surface area contributed by atoms with E-state index < -0.39 is 5.91 Å². The Morgan fingerprint density at radius 1 is 1.14 bits per heavy atom. The molecule has 0 saturated heterocycles. The number of rotatable bonds is 12. The zero-order chi connectivity index (χ0) is 20.5. The smallest absolute Gasteiger partial charge is 0.217 e. The lowest BCUT2D eigenvalue weighted by atomic mass is 9.99. The number of ether oxygens (including phenoxy) is 1. The van der Waals surface area contributed by atoms with Crippen LogP contribution in [0.1, 0.15) is 37.3 Å². The van der Waals surface area contributed by atoms with Gasteiger partial charge in [0.25, 0.3) is 0 Å². The number of amides is 3. The molecule has 0 aliphatic carbocycles. The third kappa shape index (κ3) is 6.35. The summed E-state index contributed by atoms with van der Waals surface area (Å²) in [7, 11) is 0. The molecule has 0 aliphatic rings. The molecular weight excluding hydrogens is 358 g/mol. The van der Waals surface area contributed by atoms with E-state index in [0.717, 1.165) is 21.9 Å². The van der Waals surface area contributed by atoms with Crippen LogP contribution in [0.25, 0.3) is 10.8 Å². The summed E-state index contributed by atoms with van der Waals surface area (Å²) in [6.45, 7) is 2.22. The lowest BCUT2D eigenvalue weighted by Crippen LogP contribution is -2.39. The van der Waals surface area contributed by atoms with Crippen molar-refractivity contribution in [3.63, 3.8) is 0 Å². The van der Waals surface area contributed by atoms with E-state index in [1.807, 2.05) is 43.3 Å². The summed E-state index contributed by atoms with van der Waals surface area (Å²) >= 11 is 0. The number of hydrogen-bond donors (Lipinski definition) is 3. The molecule has 3 amide bonds. The molecule has 0 heterocycles. The lowest BCUT2D eigenvalue weighted by molar-refractivity contribution is -0.119. The first-order valence-electron chi connectivity index (χ1n) is 9.29. The van der Waals surface area contributed by atoms with Gasteiger partial charge in [-0.1, -0.05) is 30.3 Å². The SMILES string of the molecule is C[C@@H](OCc1ccc2c(CCC(N)=O)cccc2c1)[C@H](CCC(N)=O)NC=O. The Hall–Kier alpha value is -2.93. The van der Waals surface area contributed by atoms with E-state index in [-0.39, 0.29) is 24.5 Å². The van der Waals surface area contributed by atoms with Crippen LogP contribution in [0.15, 0.2) is 36.4 Å². The van der Waals surface area contributed by atoms with Crippen LogP contribution in [0.5, 0.6) is 0 Å². The van der Waals surface area contributed by atoms with Gasteiger partial charge < -0.3 is 21.5 Å². The van der Waals surface area contributed by atoms with Gasteiger partial charge >= 0.3 is 0 Å². The van der Waals surface area contributed by atoms with E-state index in [2.05, 4.69) is 5.32 Å². The molecule has 0 spiro atoms. The molecule has 2 rings (SSSR count). The van der Waals surface area contributed by atoms with Crippen molar-refractivity contribution in [3.8, 4) is 0 Å². The molecule has 5 N–H and O–H groups in total. The minimum Gasteiger partial charge on any atom is -0.372 e. The number of nitrogens with one attached hydrogen (secondary N) is 1. The van der Waals surface area contributed by atoms with Crippen LogP contribution in [0.3, 0.4) is 0 Å². The Morgan fingerprint density at radius 3 is 2.57 bits per heavy atom. The zero-order valence-electron chi connectivity index (χ0n) is 16.0. The molecule has 0 radical (unpaired) electrons. The molecule has 7 nitrogen and oxygen atoms in total. The summed E-state index contributed by atoms with van der Waals surface area (Å²) in [5, 5.41) is 4.83. The number of aryl methyl sites for hydroxylation is 1. The van der Waals surface area contributed by atoms with E-state index in [4.69, 9.17) is 16.2 Å². The molecule has 2 aromatic rings. The van der Waals surface area contributed by atoms with E-state index in [9.17, 15) is 14.4 Å². The summed E-state index contributed by atoms with van der Waals surface area (Å²) in [5.74, 6) is -0.725. The van der Waals surface area contributed by atoms with Crippen LogP contribution in [-0.2, 0) is 32.1 Å². The molecule has 0 unspecified atom stereocenters. The maximum atomic E-state index is 11.1. The van der Waals surface area contributed by atoms with Crippen molar-refractivity contribution >= 4 is 29.0 Å². The number of nitrogens with two attached hydrogens (primary N) is 2. The third-order valence-electron chi connectivity index (χ3n) is 4.74. The molecule has 0 aliphatic heterocycles. The standard InChI is InChI=1S/C21H27N3O4/c1-14(19(24-13-25)8-10-21(23)27)28-12-15-5-7-18-16(6-9-20(22)26)3-2-4-17(18)11-15/h2-5,7,11,13-14,19H,6,8-10,12H2,1H3,(H2,22,26)(H2,23,27)(H,24,25)/t14-,19+/m1/s1. The fraction of sp³-hybridized carbons (Fsp3) is 0.381. The van der Waals surface area contributed by atoms with Crippen molar-refractivity contribution in [2.75, 3.05) is 0 Å². The second-order valence-electron chi connectivity index (χ2n) is 6.85. The molecule has 28 heavy (non-hydrogen) atoms. The van der Waals surface area contributed by atoms with Crippen LogP contribution in [0.2, 0.25) is 0 Å². The van der Waals surface area contributed by atoms with Gasteiger partial charge in [0.2, 0.25) is 18.2 Å². The van der Waals surface area contributed by atoms with E-state index in [1.165, 1.54) is 0 Å². The maximum Gasteiger partial charge on any atom is 0.217 e. The molecule has 0 aromatic heterocycles. The van der Waals surface area contributed by atoms with Crippen molar-refractivity contribution < 1.29 is 19.1 Å². The quantitative estimate of drug-likeness (QED) is 0.479. The Morgan fingerprint density at radius 2 is 1.89 bits per heavy atom. The Bertz CT molecular complexity index is 838. The van der Waals surface area contributed by atoms with Crippen LogP contribution in [0, 0.1) is 0 Å². The van der Waals surface area contributed by atoms with Crippen molar-refractivity contribution in [3.05, 3.63) is 47.5 Å². The van der Waals surface area contributed by atoms with Crippen LogP contribution in [-0.4, -0.2) is 30.4 Å². The largest absolute Gasteiger partial charge is 0.372 e. The zero-order valence-corrected chi connectivity index (χ0v) is 16.0. The van der Waals surface area contributed by atoms with E-state index in [0.29, 0.717) is 32.3 Å². The Kier molecular flexibility index (Phi) is 7.95. The first kappa shape index (κ1) is 21.4. The summed E-state index contributed by atoms with van der Waals surface area (Å²) in [5.41, 5.74) is 12.5. The first-order chi connectivity index (χ1) is 13.4. The molecule has 0 bridgehead atoms. The predicted octanol–water partition coefficient (Wildman–Crippen LogP) is 1.54. The average molecular weight is 385 g/mol. The van der Waals surface area contributed by atoms with Crippen molar-refractivity contribution in [1.82, 2.24) is 5.32 Å². The van der Waals surface area contributed by atoms with Crippen LogP contribution < -0.4 is 16.8 Å². The third-order valence-corrected chi connectivity index (χ3v) is 4.74. The molecular formula is C21H27N3O4. The number of hydrogen-bond acceptors (Lipinski definition) is 4. The lowest BCUT2D eigenvalue weighted by Gasteiger charge is -2.23. The molecule has 150 valence electrons.